The highest BCUT2D eigenvalue weighted by molar-refractivity contribution is 7.90. The van der Waals surface area contributed by atoms with Crippen LogP contribution < -0.4 is 14.4 Å². The van der Waals surface area contributed by atoms with Gasteiger partial charge in [-0.2, -0.15) is 0 Å². The summed E-state index contributed by atoms with van der Waals surface area (Å²) in [4.78, 5) is 14.9. The molecule has 0 heterocycles. The summed E-state index contributed by atoms with van der Waals surface area (Å²) in [7, 11) is -7.43. The van der Waals surface area contributed by atoms with Gasteiger partial charge in [0.25, 0.3) is 15.9 Å². The van der Waals surface area contributed by atoms with Crippen LogP contribution in [0, 0.1) is 0 Å². The number of hydrogen-bond acceptors (Lipinski definition) is 7. The molecule has 0 aliphatic heterocycles. The van der Waals surface area contributed by atoms with Crippen molar-refractivity contribution in [2.45, 2.75) is 29.9 Å². The summed E-state index contributed by atoms with van der Waals surface area (Å²) < 4.78 is 57.7. The van der Waals surface area contributed by atoms with Gasteiger partial charge in [0, 0.05) is 36.2 Å². The van der Waals surface area contributed by atoms with Gasteiger partial charge in [0.15, 0.2) is 9.84 Å². The Hall–Kier alpha value is -4.15. The molecule has 0 saturated carbocycles. The van der Waals surface area contributed by atoms with Gasteiger partial charge >= 0.3 is 0 Å². The van der Waals surface area contributed by atoms with Crippen molar-refractivity contribution < 1.29 is 26.4 Å². The van der Waals surface area contributed by atoms with E-state index < -0.39 is 25.8 Å². The van der Waals surface area contributed by atoms with Crippen molar-refractivity contribution in [3.05, 3.63) is 120 Å². The summed E-state index contributed by atoms with van der Waals surface area (Å²) >= 11 is 0. The number of amides is 1. The van der Waals surface area contributed by atoms with E-state index in [-0.39, 0.29) is 15.4 Å². The molecule has 208 valence electrons. The number of ether oxygens (including phenoxy) is 1. The van der Waals surface area contributed by atoms with E-state index in [2.05, 4.69) is 4.72 Å². The zero-order valence-electron chi connectivity index (χ0n) is 22.1. The number of nitrogens with one attached hydrogen (secondary N) is 1. The summed E-state index contributed by atoms with van der Waals surface area (Å²) in [5, 5.41) is 0. The van der Waals surface area contributed by atoms with Crippen molar-refractivity contribution >= 4 is 31.5 Å². The van der Waals surface area contributed by atoms with Crippen LogP contribution in [0.1, 0.15) is 28.4 Å². The van der Waals surface area contributed by atoms with Crippen LogP contribution in [0.3, 0.4) is 0 Å². The molecule has 0 fully saturated rings. The molecule has 0 atom stereocenters. The van der Waals surface area contributed by atoms with Crippen LogP contribution in [0.25, 0.3) is 0 Å². The van der Waals surface area contributed by atoms with E-state index in [1.54, 1.807) is 54.6 Å². The first-order valence-corrected chi connectivity index (χ1v) is 15.9. The minimum absolute atomic E-state index is 0.00117. The Kier molecular flexibility index (Phi) is 8.91. The second kappa shape index (κ2) is 12.4. The molecule has 0 aromatic heterocycles. The van der Waals surface area contributed by atoms with Crippen molar-refractivity contribution in [1.29, 1.82) is 0 Å². The number of hydrogen-bond donors (Lipinski definition) is 1. The molecule has 0 aliphatic carbocycles. The van der Waals surface area contributed by atoms with E-state index in [4.69, 9.17) is 4.74 Å². The summed E-state index contributed by atoms with van der Waals surface area (Å²) in [6, 6.07) is 28.7. The maximum absolute atomic E-state index is 12.7. The highest BCUT2D eigenvalue weighted by Crippen LogP contribution is 2.27. The smallest absolute Gasteiger partial charge is 0.264 e. The minimum Gasteiger partial charge on any atom is -0.489 e. The zero-order valence-corrected chi connectivity index (χ0v) is 23.8. The van der Waals surface area contributed by atoms with Crippen LogP contribution in [0.5, 0.6) is 5.75 Å². The standard InChI is InChI=1S/C30H30N2O6S2/c1-3-32(26-16-14-24(15-17-26)30(33)31-40(36,37)27-12-8-5-9-13-27)21-25-20-28(39(2,34)35)18-19-29(25)38-22-23-10-6-4-7-11-23/h4-20H,3,21-22H2,1-2H3,(H,31,33). The lowest BCUT2D eigenvalue weighted by molar-refractivity contribution is 0.0981. The predicted octanol–water partition coefficient (Wildman–Crippen LogP) is 4.81. The fourth-order valence-electron chi connectivity index (χ4n) is 4.04. The average Bonchev–Trinajstić information content (AvgIpc) is 2.95. The summed E-state index contributed by atoms with van der Waals surface area (Å²) in [5.74, 6) is -0.173. The second-order valence-electron chi connectivity index (χ2n) is 9.12. The zero-order chi connectivity index (χ0) is 28.8. The molecule has 1 N–H and O–H groups in total. The fourth-order valence-corrected chi connectivity index (χ4v) is 5.71. The third-order valence-electron chi connectivity index (χ3n) is 6.22. The third-order valence-corrected chi connectivity index (χ3v) is 8.67. The van der Waals surface area contributed by atoms with Gasteiger partial charge in [-0.15, -0.1) is 0 Å². The first kappa shape index (κ1) is 28.8. The van der Waals surface area contributed by atoms with Crippen LogP contribution in [-0.4, -0.2) is 35.5 Å². The molecule has 4 aromatic carbocycles. The Morgan fingerprint density at radius 1 is 0.800 bits per heavy atom. The van der Waals surface area contributed by atoms with Crippen molar-refractivity contribution in [2.75, 3.05) is 17.7 Å². The van der Waals surface area contributed by atoms with E-state index in [0.717, 1.165) is 17.5 Å². The lowest BCUT2D eigenvalue weighted by Gasteiger charge is -2.25. The van der Waals surface area contributed by atoms with E-state index in [9.17, 15) is 21.6 Å². The number of anilines is 1. The highest BCUT2D eigenvalue weighted by Gasteiger charge is 2.19. The maximum Gasteiger partial charge on any atom is 0.264 e. The van der Waals surface area contributed by atoms with Gasteiger partial charge in [0.1, 0.15) is 12.4 Å². The van der Waals surface area contributed by atoms with Crippen LogP contribution >= 0.6 is 0 Å². The molecule has 0 radical (unpaired) electrons. The number of benzene rings is 4. The monoisotopic (exact) mass is 578 g/mol. The van der Waals surface area contributed by atoms with Crippen LogP contribution in [-0.2, 0) is 33.0 Å². The van der Waals surface area contributed by atoms with Gasteiger partial charge < -0.3 is 9.64 Å². The molecule has 8 nitrogen and oxygen atoms in total. The quantitative estimate of drug-likeness (QED) is 0.272. The number of sulfonamides is 1. The summed E-state index contributed by atoms with van der Waals surface area (Å²) in [6.45, 7) is 3.21. The van der Waals surface area contributed by atoms with Crippen molar-refractivity contribution in [3.63, 3.8) is 0 Å². The molecule has 4 rings (SSSR count). The third kappa shape index (κ3) is 7.28. The van der Waals surface area contributed by atoms with Crippen LogP contribution in [0.2, 0.25) is 0 Å². The lowest BCUT2D eigenvalue weighted by atomic mass is 10.1. The van der Waals surface area contributed by atoms with E-state index in [1.807, 2.05) is 42.2 Å². The Bertz CT molecular complexity index is 1670. The molecule has 0 unspecified atom stereocenters. The fraction of sp³-hybridized carbons (Fsp3) is 0.167. The Balaban J connectivity index is 1.54. The van der Waals surface area contributed by atoms with Gasteiger partial charge in [-0.05, 0) is 67.1 Å². The highest BCUT2D eigenvalue weighted by atomic mass is 32.2. The van der Waals surface area contributed by atoms with Crippen LogP contribution in [0.15, 0.2) is 113 Å². The van der Waals surface area contributed by atoms with Gasteiger partial charge in [0.05, 0.1) is 9.79 Å². The number of sulfone groups is 1. The Morgan fingerprint density at radius 3 is 2.02 bits per heavy atom. The number of rotatable bonds is 11. The van der Waals surface area contributed by atoms with E-state index in [1.165, 1.54) is 18.2 Å². The number of carbonyl (C=O) groups is 1. The van der Waals surface area contributed by atoms with Crippen molar-refractivity contribution in [1.82, 2.24) is 4.72 Å². The predicted molar refractivity (Wildman–Crippen MR) is 155 cm³/mol. The van der Waals surface area contributed by atoms with Crippen molar-refractivity contribution in [3.8, 4) is 5.75 Å². The largest absolute Gasteiger partial charge is 0.489 e. The molecule has 4 aromatic rings. The molecule has 0 bridgehead atoms. The molecule has 1 amide bonds. The Morgan fingerprint density at radius 2 is 1.43 bits per heavy atom. The molecule has 40 heavy (non-hydrogen) atoms. The molecular weight excluding hydrogens is 548 g/mol. The first-order chi connectivity index (χ1) is 19.1. The summed E-state index contributed by atoms with van der Waals surface area (Å²) in [5.41, 5.74) is 2.63. The summed E-state index contributed by atoms with van der Waals surface area (Å²) in [6.07, 6.45) is 1.16. The molecule has 0 aliphatic rings. The number of nitrogens with zero attached hydrogens (tertiary/aromatic N) is 1. The van der Waals surface area contributed by atoms with Gasteiger partial charge in [-0.25, -0.2) is 21.6 Å². The normalized spacial score (nSPS) is 11.6. The second-order valence-corrected chi connectivity index (χ2v) is 12.8. The maximum atomic E-state index is 12.7. The van der Waals surface area contributed by atoms with Gasteiger partial charge in [0.2, 0.25) is 0 Å². The molecule has 0 saturated heterocycles. The molecule has 0 spiro atoms. The SMILES string of the molecule is CCN(Cc1cc(S(C)(=O)=O)ccc1OCc1ccccc1)c1ccc(C(=O)NS(=O)(=O)c2ccccc2)cc1. The number of carbonyl (C=O) groups excluding carboxylic acids is 1. The first-order valence-electron chi connectivity index (χ1n) is 12.5. The van der Waals surface area contributed by atoms with E-state index in [0.29, 0.717) is 31.0 Å². The molecular formula is C30H30N2O6S2. The van der Waals surface area contributed by atoms with Gasteiger partial charge in [-0.3, -0.25) is 4.79 Å². The lowest BCUT2D eigenvalue weighted by Crippen LogP contribution is -2.30. The van der Waals surface area contributed by atoms with Crippen molar-refractivity contribution in [2.24, 2.45) is 0 Å². The Labute approximate surface area is 235 Å². The molecule has 10 heteroatoms. The van der Waals surface area contributed by atoms with Crippen LogP contribution in [0.4, 0.5) is 5.69 Å². The average molecular weight is 579 g/mol. The minimum atomic E-state index is -4.00. The van der Waals surface area contributed by atoms with Gasteiger partial charge in [-0.1, -0.05) is 48.5 Å². The topological polar surface area (TPSA) is 110 Å². The van der Waals surface area contributed by atoms with E-state index >= 15 is 0 Å².